The molecule has 174 valence electrons. The average molecular weight is 464 g/mol. The van der Waals surface area contributed by atoms with Gasteiger partial charge >= 0.3 is 0 Å². The highest BCUT2D eigenvalue weighted by Gasteiger charge is 2.56. The molecule has 0 aromatic heterocycles. The first-order valence-electron chi connectivity index (χ1n) is 10.4. The number of aliphatic hydroxyl groups excluding tert-OH is 2. The molecule has 5 atom stereocenters. The molecule has 0 aliphatic carbocycles. The molecule has 2 aliphatic heterocycles. The van der Waals surface area contributed by atoms with E-state index >= 15 is 0 Å². The molecule has 2 aromatic carbocycles. The Hall–Kier alpha value is -2.20. The molecule has 2 fully saturated rings. The van der Waals surface area contributed by atoms with Crippen LogP contribution < -0.4 is 10.6 Å². The van der Waals surface area contributed by atoms with Gasteiger partial charge in [0.05, 0.1) is 19.2 Å². The molecule has 2 aromatic rings. The van der Waals surface area contributed by atoms with Crippen LogP contribution in [0.1, 0.15) is 19.4 Å². The van der Waals surface area contributed by atoms with E-state index in [0.717, 1.165) is 11.3 Å². The van der Waals surface area contributed by atoms with Crippen molar-refractivity contribution in [3.8, 4) is 0 Å². The number of rotatable bonds is 6. The Labute approximate surface area is 194 Å². The third-order valence-corrected chi connectivity index (χ3v) is 5.27. The molecule has 32 heavy (non-hydrogen) atoms. The van der Waals surface area contributed by atoms with E-state index in [1.54, 1.807) is 13.8 Å². The van der Waals surface area contributed by atoms with Crippen molar-refractivity contribution >= 4 is 24.1 Å². The third kappa shape index (κ3) is 5.78. The summed E-state index contributed by atoms with van der Waals surface area (Å²) in [6.07, 6.45) is -2.97. The standard InChI is InChI=1S/C23H29N3O5.ClH/c1-23(2)30-20-18(28)19(29-21(20)31-23)17(14-27)26-22(25-16-11-7-4-8-12-16)24-13-15-9-5-3-6-10-15;/h3-12,17-21,27-28H,13-14H2,1-2H3,(H2,24,25,26);1H/t17-,18-,19+,20+,21+;/m0./s1. The van der Waals surface area contributed by atoms with Gasteiger partial charge in [0, 0.05) is 5.69 Å². The molecule has 0 bridgehead atoms. The number of aliphatic imine (C=N–C) groups is 1. The van der Waals surface area contributed by atoms with Crippen LogP contribution in [0.15, 0.2) is 65.7 Å². The van der Waals surface area contributed by atoms with Gasteiger partial charge in [-0.15, -0.1) is 12.4 Å². The third-order valence-electron chi connectivity index (χ3n) is 5.27. The van der Waals surface area contributed by atoms with Gasteiger partial charge in [-0.3, -0.25) is 0 Å². The molecule has 0 spiro atoms. The van der Waals surface area contributed by atoms with Crippen LogP contribution in [0.25, 0.3) is 0 Å². The molecule has 2 saturated heterocycles. The summed E-state index contributed by atoms with van der Waals surface area (Å²) in [5.74, 6) is -0.357. The number of fused-ring (bicyclic) bond motifs is 1. The fraction of sp³-hybridized carbons (Fsp3) is 0.435. The van der Waals surface area contributed by atoms with Crippen LogP contribution in [0.4, 0.5) is 5.69 Å². The Kier molecular flexibility index (Phi) is 8.10. The highest BCUT2D eigenvalue weighted by Crippen LogP contribution is 2.38. The van der Waals surface area contributed by atoms with Crippen molar-refractivity contribution in [2.24, 2.45) is 4.99 Å². The number of hydrogen-bond acceptors (Lipinski definition) is 6. The number of para-hydroxylation sites is 1. The van der Waals surface area contributed by atoms with Crippen molar-refractivity contribution in [3.63, 3.8) is 0 Å². The van der Waals surface area contributed by atoms with E-state index in [0.29, 0.717) is 12.5 Å². The number of nitrogens with one attached hydrogen (secondary N) is 2. The first kappa shape index (κ1) is 24.4. The minimum atomic E-state index is -0.955. The van der Waals surface area contributed by atoms with E-state index in [9.17, 15) is 10.2 Å². The van der Waals surface area contributed by atoms with E-state index < -0.39 is 36.4 Å². The second-order valence-electron chi connectivity index (χ2n) is 8.13. The van der Waals surface area contributed by atoms with Crippen molar-refractivity contribution in [1.82, 2.24) is 5.32 Å². The fourth-order valence-electron chi connectivity index (χ4n) is 3.79. The molecule has 2 heterocycles. The Morgan fingerprint density at radius 2 is 1.72 bits per heavy atom. The summed E-state index contributed by atoms with van der Waals surface area (Å²) in [7, 11) is 0. The van der Waals surface area contributed by atoms with Gasteiger partial charge in [0.1, 0.15) is 18.3 Å². The van der Waals surface area contributed by atoms with Crippen LogP contribution in [0.5, 0.6) is 0 Å². The van der Waals surface area contributed by atoms with E-state index in [4.69, 9.17) is 14.2 Å². The van der Waals surface area contributed by atoms with Crippen molar-refractivity contribution in [3.05, 3.63) is 66.2 Å². The van der Waals surface area contributed by atoms with E-state index in [1.165, 1.54) is 0 Å². The molecular weight excluding hydrogens is 434 g/mol. The Morgan fingerprint density at radius 1 is 1.06 bits per heavy atom. The summed E-state index contributed by atoms with van der Waals surface area (Å²) in [6, 6.07) is 18.8. The lowest BCUT2D eigenvalue weighted by Gasteiger charge is -2.29. The maximum absolute atomic E-state index is 10.8. The van der Waals surface area contributed by atoms with Crippen molar-refractivity contribution in [1.29, 1.82) is 0 Å². The van der Waals surface area contributed by atoms with Gasteiger partial charge in [0.25, 0.3) is 0 Å². The van der Waals surface area contributed by atoms with Gasteiger partial charge in [0.15, 0.2) is 18.0 Å². The van der Waals surface area contributed by atoms with Crippen LogP contribution in [-0.2, 0) is 20.8 Å². The van der Waals surface area contributed by atoms with E-state index in [1.807, 2.05) is 60.7 Å². The molecule has 4 N–H and O–H groups in total. The minimum absolute atomic E-state index is 0. The van der Waals surface area contributed by atoms with Crippen LogP contribution in [-0.4, -0.2) is 59.2 Å². The Bertz CT molecular complexity index is 884. The number of hydrogen-bond donors (Lipinski definition) is 4. The highest BCUT2D eigenvalue weighted by atomic mass is 35.5. The monoisotopic (exact) mass is 463 g/mol. The first-order valence-corrected chi connectivity index (χ1v) is 10.4. The zero-order valence-electron chi connectivity index (χ0n) is 18.0. The van der Waals surface area contributed by atoms with Crippen LogP contribution in [0.2, 0.25) is 0 Å². The minimum Gasteiger partial charge on any atom is -0.394 e. The molecule has 8 nitrogen and oxygen atoms in total. The molecule has 0 unspecified atom stereocenters. The number of guanidine groups is 1. The zero-order chi connectivity index (χ0) is 21.8. The predicted molar refractivity (Wildman–Crippen MR) is 124 cm³/mol. The second kappa shape index (κ2) is 10.6. The lowest BCUT2D eigenvalue weighted by atomic mass is 10.0. The summed E-state index contributed by atoms with van der Waals surface area (Å²) in [5.41, 5.74) is 1.89. The fourth-order valence-corrected chi connectivity index (χ4v) is 3.79. The maximum Gasteiger partial charge on any atom is 0.196 e. The Morgan fingerprint density at radius 3 is 2.34 bits per heavy atom. The maximum atomic E-state index is 10.8. The summed E-state index contributed by atoms with van der Waals surface area (Å²) >= 11 is 0. The number of halogens is 1. The number of ether oxygens (including phenoxy) is 3. The SMILES string of the molecule is CC1(C)O[C@H]2O[C@H]([C@H](CO)NC(=NCc3ccccc3)Nc3ccccc3)[C@H](O)[C@H]2O1.Cl. The second-order valence-corrected chi connectivity index (χ2v) is 8.13. The smallest absolute Gasteiger partial charge is 0.196 e. The van der Waals surface area contributed by atoms with Crippen molar-refractivity contribution in [2.75, 3.05) is 11.9 Å². The topological polar surface area (TPSA) is 105 Å². The summed E-state index contributed by atoms with van der Waals surface area (Å²) in [6.45, 7) is 3.72. The molecule has 2 aliphatic rings. The van der Waals surface area contributed by atoms with Gasteiger partial charge in [-0.25, -0.2) is 4.99 Å². The number of aliphatic hydroxyl groups is 2. The summed E-state index contributed by atoms with van der Waals surface area (Å²) < 4.78 is 17.4. The average Bonchev–Trinajstić information content (AvgIpc) is 3.23. The number of nitrogens with zero attached hydrogens (tertiary/aromatic N) is 1. The first-order chi connectivity index (χ1) is 14.9. The van der Waals surface area contributed by atoms with Gasteiger partial charge in [-0.05, 0) is 31.5 Å². The lowest BCUT2D eigenvalue weighted by molar-refractivity contribution is -0.218. The molecule has 0 saturated carbocycles. The van der Waals surface area contributed by atoms with Gasteiger partial charge in [-0.1, -0.05) is 48.5 Å². The van der Waals surface area contributed by atoms with Crippen LogP contribution in [0.3, 0.4) is 0 Å². The zero-order valence-corrected chi connectivity index (χ0v) is 18.9. The normalized spacial score (nSPS) is 27.3. The van der Waals surface area contributed by atoms with Gasteiger partial charge in [-0.2, -0.15) is 0 Å². The van der Waals surface area contributed by atoms with E-state index in [-0.39, 0.29) is 19.0 Å². The predicted octanol–water partition coefficient (Wildman–Crippen LogP) is 2.26. The van der Waals surface area contributed by atoms with Gasteiger partial charge < -0.3 is 35.1 Å². The van der Waals surface area contributed by atoms with Crippen molar-refractivity contribution in [2.45, 2.75) is 56.8 Å². The molecule has 0 radical (unpaired) electrons. The van der Waals surface area contributed by atoms with Crippen molar-refractivity contribution < 1.29 is 24.4 Å². The number of benzene rings is 2. The van der Waals surface area contributed by atoms with E-state index in [2.05, 4.69) is 15.6 Å². The quantitative estimate of drug-likeness (QED) is 0.385. The number of anilines is 1. The van der Waals surface area contributed by atoms with Crippen LogP contribution >= 0.6 is 12.4 Å². The lowest BCUT2D eigenvalue weighted by Crippen LogP contribution is -2.53. The highest BCUT2D eigenvalue weighted by molar-refractivity contribution is 5.93. The molecule has 4 rings (SSSR count). The molecular formula is C23H30ClN3O5. The molecule has 0 amide bonds. The molecule has 9 heteroatoms. The van der Waals surface area contributed by atoms with Gasteiger partial charge in [0.2, 0.25) is 0 Å². The summed E-state index contributed by atoms with van der Waals surface area (Å²) in [4.78, 5) is 4.65. The summed E-state index contributed by atoms with van der Waals surface area (Å²) in [5, 5.41) is 27.3. The Balaban J connectivity index is 0.00000289. The largest absolute Gasteiger partial charge is 0.394 e. The van der Waals surface area contributed by atoms with Crippen LogP contribution in [0, 0.1) is 0 Å².